The molecule has 2 heterocycles. The molecule has 0 bridgehead atoms. The number of halogens is 1. The van der Waals surface area contributed by atoms with Crippen LogP contribution in [0, 0.1) is 0 Å². The predicted molar refractivity (Wildman–Crippen MR) is 70.2 cm³/mol. The molecule has 1 atom stereocenters. The van der Waals surface area contributed by atoms with Crippen LogP contribution >= 0.6 is 15.9 Å². The Morgan fingerprint density at radius 1 is 1.47 bits per heavy atom. The van der Waals surface area contributed by atoms with Crippen LogP contribution in [0.25, 0.3) is 10.9 Å². The fourth-order valence-electron chi connectivity index (χ4n) is 2.27. The highest BCUT2D eigenvalue weighted by atomic mass is 79.9. The number of nitrogens with one attached hydrogen (secondary N) is 1. The van der Waals surface area contributed by atoms with Gasteiger partial charge < -0.3 is 5.32 Å². The number of benzene rings is 1. The minimum atomic E-state index is 0.0463. The number of fused-ring (bicyclic) bond motifs is 1. The summed E-state index contributed by atoms with van der Waals surface area (Å²) in [6, 6.07) is 5.83. The third-order valence-electron chi connectivity index (χ3n) is 3.19. The molecule has 1 aromatic carbocycles. The standard InChI is InChI=1S/C12H12BrN3O/c13-10-3-1-2-9-11(10)15-7-16(12(9)17)8-4-5-14-6-8/h1-3,7-8,14H,4-6H2. The Labute approximate surface area is 107 Å². The number of rotatable bonds is 1. The van der Waals surface area contributed by atoms with E-state index in [4.69, 9.17) is 0 Å². The van der Waals surface area contributed by atoms with Crippen LogP contribution in [-0.4, -0.2) is 22.6 Å². The van der Waals surface area contributed by atoms with Gasteiger partial charge in [-0.05, 0) is 41.0 Å². The minimum absolute atomic E-state index is 0.0463. The predicted octanol–water partition coefficient (Wildman–Crippen LogP) is 1.69. The second-order valence-corrected chi connectivity index (χ2v) is 5.09. The summed E-state index contributed by atoms with van der Waals surface area (Å²) in [7, 11) is 0. The zero-order valence-electron chi connectivity index (χ0n) is 9.19. The highest BCUT2D eigenvalue weighted by molar-refractivity contribution is 9.10. The van der Waals surface area contributed by atoms with Crippen LogP contribution in [0.1, 0.15) is 12.5 Å². The van der Waals surface area contributed by atoms with Gasteiger partial charge in [-0.1, -0.05) is 6.07 Å². The van der Waals surface area contributed by atoms with Crippen molar-refractivity contribution in [2.45, 2.75) is 12.5 Å². The van der Waals surface area contributed by atoms with E-state index >= 15 is 0 Å². The van der Waals surface area contributed by atoms with Gasteiger partial charge >= 0.3 is 0 Å². The molecular weight excluding hydrogens is 282 g/mol. The van der Waals surface area contributed by atoms with E-state index in [2.05, 4.69) is 26.2 Å². The van der Waals surface area contributed by atoms with Crippen LogP contribution in [0.2, 0.25) is 0 Å². The van der Waals surface area contributed by atoms with E-state index in [-0.39, 0.29) is 11.6 Å². The molecule has 5 heteroatoms. The summed E-state index contributed by atoms with van der Waals surface area (Å²) < 4.78 is 2.61. The van der Waals surface area contributed by atoms with Crippen LogP contribution in [0.5, 0.6) is 0 Å². The molecule has 17 heavy (non-hydrogen) atoms. The number of hydrogen-bond acceptors (Lipinski definition) is 3. The number of hydrogen-bond donors (Lipinski definition) is 1. The summed E-state index contributed by atoms with van der Waals surface area (Å²) in [6.45, 7) is 1.81. The largest absolute Gasteiger partial charge is 0.315 e. The first-order valence-electron chi connectivity index (χ1n) is 5.63. The lowest BCUT2D eigenvalue weighted by molar-refractivity contribution is 0.525. The first kappa shape index (κ1) is 10.9. The maximum absolute atomic E-state index is 12.3. The molecule has 1 fully saturated rings. The smallest absolute Gasteiger partial charge is 0.261 e. The highest BCUT2D eigenvalue weighted by Gasteiger charge is 2.18. The number of para-hydroxylation sites is 1. The first-order chi connectivity index (χ1) is 8.27. The Hall–Kier alpha value is -1.20. The van der Waals surface area contributed by atoms with Crippen molar-refractivity contribution in [3.8, 4) is 0 Å². The Balaban J connectivity index is 2.22. The van der Waals surface area contributed by atoms with Gasteiger partial charge in [-0.3, -0.25) is 9.36 Å². The SMILES string of the molecule is O=c1c2cccc(Br)c2ncn1C1CCNC1. The van der Waals surface area contributed by atoms with Gasteiger partial charge in [0.15, 0.2) is 0 Å². The molecule has 88 valence electrons. The van der Waals surface area contributed by atoms with Gasteiger partial charge in [0.2, 0.25) is 0 Å². The van der Waals surface area contributed by atoms with E-state index in [0.29, 0.717) is 5.39 Å². The summed E-state index contributed by atoms with van der Waals surface area (Å²) in [4.78, 5) is 16.7. The van der Waals surface area contributed by atoms with E-state index in [1.807, 2.05) is 18.2 Å². The van der Waals surface area contributed by atoms with Gasteiger partial charge in [0.05, 0.1) is 23.3 Å². The Morgan fingerprint density at radius 2 is 2.35 bits per heavy atom. The van der Waals surface area contributed by atoms with E-state index in [9.17, 15) is 4.79 Å². The Kier molecular flexibility index (Phi) is 2.72. The molecule has 0 radical (unpaired) electrons. The Morgan fingerprint density at radius 3 is 3.12 bits per heavy atom. The molecule has 4 nitrogen and oxygen atoms in total. The van der Waals surface area contributed by atoms with Gasteiger partial charge in [0.25, 0.3) is 5.56 Å². The molecule has 3 rings (SSSR count). The summed E-state index contributed by atoms with van der Waals surface area (Å²) in [5, 5.41) is 3.94. The van der Waals surface area contributed by atoms with Crippen LogP contribution in [-0.2, 0) is 0 Å². The molecule has 1 N–H and O–H groups in total. The van der Waals surface area contributed by atoms with E-state index in [0.717, 1.165) is 29.5 Å². The maximum atomic E-state index is 12.3. The van der Waals surface area contributed by atoms with Crippen molar-refractivity contribution in [1.82, 2.24) is 14.9 Å². The monoisotopic (exact) mass is 293 g/mol. The minimum Gasteiger partial charge on any atom is -0.315 e. The van der Waals surface area contributed by atoms with Crippen LogP contribution in [0.3, 0.4) is 0 Å². The number of nitrogens with zero attached hydrogens (tertiary/aromatic N) is 2. The van der Waals surface area contributed by atoms with Crippen LogP contribution in [0.15, 0.2) is 33.8 Å². The summed E-state index contributed by atoms with van der Waals surface area (Å²) >= 11 is 3.42. The molecule has 0 spiro atoms. The number of aromatic nitrogens is 2. The third kappa shape index (κ3) is 1.79. The third-order valence-corrected chi connectivity index (χ3v) is 3.83. The molecule has 1 unspecified atom stereocenters. The van der Waals surface area contributed by atoms with Crippen molar-refractivity contribution in [2.24, 2.45) is 0 Å². The fourth-order valence-corrected chi connectivity index (χ4v) is 2.74. The second kappa shape index (κ2) is 4.23. The van der Waals surface area contributed by atoms with E-state index < -0.39 is 0 Å². The molecule has 1 aliphatic rings. The molecule has 1 aromatic heterocycles. The highest BCUT2D eigenvalue weighted by Crippen LogP contribution is 2.20. The van der Waals surface area contributed by atoms with Crippen LogP contribution < -0.4 is 10.9 Å². The lowest BCUT2D eigenvalue weighted by Crippen LogP contribution is -2.26. The van der Waals surface area contributed by atoms with E-state index in [1.165, 1.54) is 0 Å². The summed E-state index contributed by atoms with van der Waals surface area (Å²) in [5.74, 6) is 0. The maximum Gasteiger partial charge on any atom is 0.261 e. The summed E-state index contributed by atoms with van der Waals surface area (Å²) in [6.07, 6.45) is 2.65. The van der Waals surface area contributed by atoms with Crippen molar-refractivity contribution < 1.29 is 0 Å². The quantitative estimate of drug-likeness (QED) is 0.870. The van der Waals surface area contributed by atoms with Gasteiger partial charge in [0, 0.05) is 11.0 Å². The molecular formula is C12H12BrN3O. The summed E-state index contributed by atoms with van der Waals surface area (Å²) in [5.41, 5.74) is 0.782. The van der Waals surface area contributed by atoms with Gasteiger partial charge in [0.1, 0.15) is 0 Å². The fraction of sp³-hybridized carbons (Fsp3) is 0.333. The topological polar surface area (TPSA) is 46.9 Å². The van der Waals surface area contributed by atoms with Crippen molar-refractivity contribution in [3.63, 3.8) is 0 Å². The van der Waals surface area contributed by atoms with Crippen molar-refractivity contribution >= 4 is 26.8 Å². The van der Waals surface area contributed by atoms with Gasteiger partial charge in [-0.25, -0.2) is 4.98 Å². The lowest BCUT2D eigenvalue weighted by Gasteiger charge is -2.12. The Bertz CT molecular complexity index is 617. The van der Waals surface area contributed by atoms with Crippen molar-refractivity contribution in [3.05, 3.63) is 39.4 Å². The zero-order valence-corrected chi connectivity index (χ0v) is 10.8. The first-order valence-corrected chi connectivity index (χ1v) is 6.43. The van der Waals surface area contributed by atoms with Gasteiger partial charge in [-0.2, -0.15) is 0 Å². The van der Waals surface area contributed by atoms with E-state index in [1.54, 1.807) is 10.9 Å². The lowest BCUT2D eigenvalue weighted by atomic mass is 10.2. The van der Waals surface area contributed by atoms with Gasteiger partial charge in [-0.15, -0.1) is 0 Å². The molecule has 0 amide bonds. The average Bonchev–Trinajstić information content (AvgIpc) is 2.84. The normalized spacial score (nSPS) is 19.9. The second-order valence-electron chi connectivity index (χ2n) is 4.24. The molecule has 2 aromatic rings. The molecule has 0 saturated carbocycles. The zero-order chi connectivity index (χ0) is 11.8. The van der Waals surface area contributed by atoms with Crippen LogP contribution in [0.4, 0.5) is 0 Å². The van der Waals surface area contributed by atoms with Crippen molar-refractivity contribution in [2.75, 3.05) is 13.1 Å². The molecule has 1 saturated heterocycles. The van der Waals surface area contributed by atoms with Crippen molar-refractivity contribution in [1.29, 1.82) is 0 Å². The molecule has 1 aliphatic heterocycles. The molecule has 0 aliphatic carbocycles. The average molecular weight is 294 g/mol.